The van der Waals surface area contributed by atoms with Crippen molar-refractivity contribution in [1.29, 1.82) is 0 Å². The Labute approximate surface area is 128 Å². The lowest BCUT2D eigenvalue weighted by Gasteiger charge is -2.16. The first-order valence-electron chi connectivity index (χ1n) is 7.06. The summed E-state index contributed by atoms with van der Waals surface area (Å²) in [5, 5.41) is 13.8. The molecule has 1 heterocycles. The number of nitrogens with one attached hydrogen (secondary N) is 1. The van der Waals surface area contributed by atoms with Crippen LogP contribution in [-0.2, 0) is 11.2 Å². The summed E-state index contributed by atoms with van der Waals surface area (Å²) in [4.78, 5) is 26.5. The molecule has 1 aromatic rings. The molecule has 1 aromatic heterocycles. The van der Waals surface area contributed by atoms with Crippen molar-refractivity contribution < 1.29 is 14.7 Å². The van der Waals surface area contributed by atoms with Crippen molar-refractivity contribution in [3.8, 4) is 0 Å². The normalized spacial score (nSPS) is 12.4. The molecule has 21 heavy (non-hydrogen) atoms. The van der Waals surface area contributed by atoms with Crippen LogP contribution in [0.5, 0.6) is 0 Å². The molecular weight excluding hydrogens is 290 g/mol. The Kier molecular flexibility index (Phi) is 7.31. The Morgan fingerprint density at radius 2 is 2.19 bits per heavy atom. The molecule has 0 aliphatic heterocycles. The van der Waals surface area contributed by atoms with Gasteiger partial charge < -0.3 is 16.2 Å². The molecule has 6 nitrogen and oxygen atoms in total. The molecule has 118 valence electrons. The second-order valence-electron chi connectivity index (χ2n) is 5.47. The van der Waals surface area contributed by atoms with E-state index >= 15 is 0 Å². The Morgan fingerprint density at radius 3 is 2.71 bits per heavy atom. The van der Waals surface area contributed by atoms with Gasteiger partial charge in [0.2, 0.25) is 5.91 Å². The molecule has 1 rings (SSSR count). The Hall–Kier alpha value is -1.47. The van der Waals surface area contributed by atoms with Gasteiger partial charge in [0.05, 0.1) is 5.01 Å². The van der Waals surface area contributed by atoms with Gasteiger partial charge in [-0.1, -0.05) is 13.8 Å². The van der Waals surface area contributed by atoms with E-state index in [0.717, 1.165) is 6.42 Å². The van der Waals surface area contributed by atoms with Crippen molar-refractivity contribution in [3.05, 3.63) is 16.1 Å². The Morgan fingerprint density at radius 1 is 1.48 bits per heavy atom. The average Bonchev–Trinajstić information content (AvgIpc) is 2.86. The third-order valence-electron chi connectivity index (χ3n) is 3.04. The highest BCUT2D eigenvalue weighted by atomic mass is 32.1. The van der Waals surface area contributed by atoms with Crippen LogP contribution in [0.2, 0.25) is 0 Å². The standard InChI is InChI=1S/C14H23N3O3S/c1-9(2)5-10(7-15)6-12(18)16-4-3-13-17-11(8-21-13)14(19)20/h8-10H,3-7,15H2,1-2H3,(H,16,18)(H,19,20)/t10-/m0/s1. The Balaban J connectivity index is 2.30. The van der Waals surface area contributed by atoms with Crippen LogP contribution in [0.3, 0.4) is 0 Å². The van der Waals surface area contributed by atoms with E-state index in [2.05, 4.69) is 24.1 Å². The molecule has 0 aliphatic carbocycles. The highest BCUT2D eigenvalue weighted by molar-refractivity contribution is 7.09. The number of nitrogens with two attached hydrogens (primary N) is 1. The van der Waals surface area contributed by atoms with Crippen LogP contribution in [0.1, 0.15) is 42.2 Å². The van der Waals surface area contributed by atoms with Crippen molar-refractivity contribution in [3.63, 3.8) is 0 Å². The van der Waals surface area contributed by atoms with Crippen molar-refractivity contribution >= 4 is 23.2 Å². The van der Waals surface area contributed by atoms with E-state index in [1.807, 2.05) is 0 Å². The molecule has 1 amide bonds. The SMILES string of the molecule is CC(C)C[C@H](CN)CC(=O)NCCc1nc(C(=O)O)cs1. The molecule has 0 saturated heterocycles. The third kappa shape index (κ3) is 6.68. The first kappa shape index (κ1) is 17.6. The summed E-state index contributed by atoms with van der Waals surface area (Å²) in [6.45, 7) is 5.20. The minimum Gasteiger partial charge on any atom is -0.476 e. The second-order valence-corrected chi connectivity index (χ2v) is 6.41. The number of rotatable bonds is 9. The summed E-state index contributed by atoms with van der Waals surface area (Å²) < 4.78 is 0. The summed E-state index contributed by atoms with van der Waals surface area (Å²) in [5.74, 6) is -0.304. The first-order chi connectivity index (χ1) is 9.92. The summed E-state index contributed by atoms with van der Waals surface area (Å²) in [7, 11) is 0. The van der Waals surface area contributed by atoms with Gasteiger partial charge in [-0.15, -0.1) is 11.3 Å². The number of amides is 1. The number of hydrogen-bond donors (Lipinski definition) is 3. The van der Waals surface area contributed by atoms with E-state index in [0.29, 0.717) is 36.9 Å². The molecule has 4 N–H and O–H groups in total. The number of thiazole rings is 1. The quantitative estimate of drug-likeness (QED) is 0.641. The fraction of sp³-hybridized carbons (Fsp3) is 0.643. The van der Waals surface area contributed by atoms with Crippen LogP contribution in [0.15, 0.2) is 5.38 Å². The predicted octanol–water partition coefficient (Wildman–Crippen LogP) is 1.51. The second kappa shape index (κ2) is 8.74. The van der Waals surface area contributed by atoms with Gasteiger partial charge in [0.15, 0.2) is 5.69 Å². The molecule has 0 saturated carbocycles. The number of aromatic carboxylic acids is 1. The van der Waals surface area contributed by atoms with Gasteiger partial charge in [0, 0.05) is 24.8 Å². The van der Waals surface area contributed by atoms with E-state index in [4.69, 9.17) is 10.8 Å². The van der Waals surface area contributed by atoms with Crippen LogP contribution >= 0.6 is 11.3 Å². The zero-order valence-corrected chi connectivity index (χ0v) is 13.3. The molecule has 0 aromatic carbocycles. The maximum atomic E-state index is 11.8. The minimum absolute atomic E-state index is 0.0129. The number of aromatic nitrogens is 1. The van der Waals surface area contributed by atoms with Crippen LogP contribution in [0.25, 0.3) is 0 Å². The monoisotopic (exact) mass is 313 g/mol. The summed E-state index contributed by atoms with van der Waals surface area (Å²) in [6.07, 6.45) is 1.92. The molecule has 0 fully saturated rings. The van der Waals surface area contributed by atoms with E-state index < -0.39 is 5.97 Å². The van der Waals surface area contributed by atoms with Crippen LogP contribution in [-0.4, -0.2) is 35.1 Å². The number of carbonyl (C=O) groups is 2. The average molecular weight is 313 g/mol. The molecular formula is C14H23N3O3S. The van der Waals surface area contributed by atoms with Gasteiger partial charge in [-0.05, 0) is 24.8 Å². The van der Waals surface area contributed by atoms with E-state index in [9.17, 15) is 9.59 Å². The van der Waals surface area contributed by atoms with Gasteiger partial charge in [-0.3, -0.25) is 4.79 Å². The molecule has 7 heteroatoms. The van der Waals surface area contributed by atoms with Gasteiger partial charge in [-0.2, -0.15) is 0 Å². The number of nitrogens with zero attached hydrogens (tertiary/aromatic N) is 1. The fourth-order valence-electron chi connectivity index (χ4n) is 2.10. The topological polar surface area (TPSA) is 105 Å². The van der Waals surface area contributed by atoms with Gasteiger partial charge >= 0.3 is 5.97 Å². The Bertz CT molecular complexity index is 474. The van der Waals surface area contributed by atoms with E-state index in [1.165, 1.54) is 16.7 Å². The highest BCUT2D eigenvalue weighted by Gasteiger charge is 2.14. The number of carbonyl (C=O) groups excluding carboxylic acids is 1. The lowest BCUT2D eigenvalue weighted by atomic mass is 9.94. The fourth-order valence-corrected chi connectivity index (χ4v) is 2.87. The lowest BCUT2D eigenvalue weighted by Crippen LogP contribution is -2.30. The lowest BCUT2D eigenvalue weighted by molar-refractivity contribution is -0.122. The molecule has 0 aliphatic rings. The van der Waals surface area contributed by atoms with Crippen LogP contribution < -0.4 is 11.1 Å². The first-order valence-corrected chi connectivity index (χ1v) is 7.94. The molecule has 1 atom stereocenters. The third-order valence-corrected chi connectivity index (χ3v) is 3.95. The summed E-state index contributed by atoms with van der Waals surface area (Å²) >= 11 is 1.29. The zero-order chi connectivity index (χ0) is 15.8. The van der Waals surface area contributed by atoms with E-state index in [1.54, 1.807) is 0 Å². The largest absolute Gasteiger partial charge is 0.476 e. The smallest absolute Gasteiger partial charge is 0.355 e. The maximum absolute atomic E-state index is 11.8. The number of carboxylic acids is 1. The molecule has 0 radical (unpaired) electrons. The van der Waals surface area contributed by atoms with Crippen molar-refractivity contribution in [2.24, 2.45) is 17.6 Å². The molecule has 0 spiro atoms. The van der Waals surface area contributed by atoms with Gasteiger partial charge in [0.25, 0.3) is 0 Å². The van der Waals surface area contributed by atoms with Gasteiger partial charge in [0.1, 0.15) is 0 Å². The molecule has 0 bridgehead atoms. The summed E-state index contributed by atoms with van der Waals surface area (Å²) in [6, 6.07) is 0. The zero-order valence-electron chi connectivity index (χ0n) is 12.5. The molecule has 0 unspecified atom stereocenters. The van der Waals surface area contributed by atoms with Crippen molar-refractivity contribution in [1.82, 2.24) is 10.3 Å². The number of hydrogen-bond acceptors (Lipinski definition) is 5. The maximum Gasteiger partial charge on any atom is 0.355 e. The van der Waals surface area contributed by atoms with Crippen LogP contribution in [0, 0.1) is 11.8 Å². The van der Waals surface area contributed by atoms with Crippen molar-refractivity contribution in [2.75, 3.05) is 13.1 Å². The van der Waals surface area contributed by atoms with Gasteiger partial charge in [-0.25, -0.2) is 9.78 Å². The van der Waals surface area contributed by atoms with Crippen molar-refractivity contribution in [2.45, 2.75) is 33.1 Å². The highest BCUT2D eigenvalue weighted by Crippen LogP contribution is 2.14. The summed E-state index contributed by atoms with van der Waals surface area (Å²) in [5.41, 5.74) is 5.73. The van der Waals surface area contributed by atoms with Crippen LogP contribution in [0.4, 0.5) is 0 Å². The minimum atomic E-state index is -1.03. The van der Waals surface area contributed by atoms with E-state index in [-0.39, 0.29) is 17.5 Å². The predicted molar refractivity (Wildman–Crippen MR) is 82.4 cm³/mol. The number of carboxylic acid groups (broad SMARTS) is 1.